The van der Waals surface area contributed by atoms with Gasteiger partial charge in [0.05, 0.1) is 19.0 Å². The highest BCUT2D eigenvalue weighted by atomic mass is 16.5. The first kappa shape index (κ1) is 21.1. The third kappa shape index (κ3) is 4.96. The summed E-state index contributed by atoms with van der Waals surface area (Å²) in [5.74, 6) is 1.00. The summed E-state index contributed by atoms with van der Waals surface area (Å²) in [5.41, 5.74) is 4.25. The summed E-state index contributed by atoms with van der Waals surface area (Å²) in [6.45, 7) is 5.32. The minimum Gasteiger partial charge on any atom is -0.497 e. The molecule has 1 atom stereocenters. The number of rotatable bonds is 7. The Bertz CT molecular complexity index is 1040. The van der Waals surface area contributed by atoms with Crippen molar-refractivity contribution >= 4 is 5.91 Å². The Kier molecular flexibility index (Phi) is 6.36. The van der Waals surface area contributed by atoms with Crippen LogP contribution in [0.2, 0.25) is 0 Å². The average Bonchev–Trinajstić information content (AvgIpc) is 3.41. The number of piperidine rings is 1. The maximum Gasteiger partial charge on any atom is 0.290 e. The van der Waals surface area contributed by atoms with Crippen molar-refractivity contribution in [3.8, 4) is 5.75 Å². The van der Waals surface area contributed by atoms with E-state index in [1.807, 2.05) is 42.2 Å². The molecule has 1 unspecified atom stereocenters. The van der Waals surface area contributed by atoms with Crippen molar-refractivity contribution in [2.45, 2.75) is 38.8 Å². The monoisotopic (exact) mass is 423 g/mol. The largest absolute Gasteiger partial charge is 0.497 e. The van der Waals surface area contributed by atoms with Gasteiger partial charge in [-0.15, -0.1) is 0 Å². The molecule has 0 bridgehead atoms. The first-order valence-corrected chi connectivity index (χ1v) is 10.6. The highest BCUT2D eigenvalue weighted by Crippen LogP contribution is 2.28. The zero-order chi connectivity index (χ0) is 21.8. The number of aromatic nitrogens is 3. The van der Waals surface area contributed by atoms with Crippen LogP contribution in [0.15, 0.2) is 41.1 Å². The van der Waals surface area contributed by atoms with Gasteiger partial charge in [0.25, 0.3) is 5.91 Å². The number of amides is 1. The van der Waals surface area contributed by atoms with E-state index in [0.717, 1.165) is 49.5 Å². The molecule has 1 saturated heterocycles. The van der Waals surface area contributed by atoms with E-state index >= 15 is 0 Å². The molecule has 3 heterocycles. The van der Waals surface area contributed by atoms with Crippen LogP contribution in [-0.2, 0) is 20.1 Å². The fourth-order valence-corrected chi connectivity index (χ4v) is 4.02. The zero-order valence-corrected chi connectivity index (χ0v) is 18.3. The number of nitrogens with one attached hydrogen (secondary N) is 1. The van der Waals surface area contributed by atoms with Crippen LogP contribution >= 0.6 is 0 Å². The number of aryl methyl sites for hydroxylation is 1. The molecular weight excluding hydrogens is 394 g/mol. The molecular formula is C23H29N5O3. The maximum atomic E-state index is 12.5. The molecule has 0 spiro atoms. The summed E-state index contributed by atoms with van der Waals surface area (Å²) in [4.78, 5) is 14.9. The zero-order valence-electron chi connectivity index (χ0n) is 18.3. The van der Waals surface area contributed by atoms with E-state index in [1.165, 1.54) is 11.3 Å². The minimum atomic E-state index is -0.264. The molecule has 1 aliphatic rings. The van der Waals surface area contributed by atoms with Crippen molar-refractivity contribution in [3.05, 3.63) is 64.8 Å². The lowest BCUT2D eigenvalue weighted by atomic mass is 9.94. The Hall–Kier alpha value is -3.13. The van der Waals surface area contributed by atoms with E-state index in [2.05, 4.69) is 27.4 Å². The van der Waals surface area contributed by atoms with Gasteiger partial charge in [-0.25, -0.2) is 0 Å². The smallest absolute Gasteiger partial charge is 0.290 e. The lowest BCUT2D eigenvalue weighted by molar-refractivity contribution is 0.0913. The molecule has 0 saturated carbocycles. The van der Waals surface area contributed by atoms with Gasteiger partial charge in [0.2, 0.25) is 5.76 Å². The fraction of sp³-hybridized carbons (Fsp3) is 0.435. The lowest BCUT2D eigenvalue weighted by Gasteiger charge is -2.31. The van der Waals surface area contributed by atoms with Crippen molar-refractivity contribution in [1.29, 1.82) is 0 Å². The Morgan fingerprint density at radius 1 is 1.35 bits per heavy atom. The van der Waals surface area contributed by atoms with Crippen LogP contribution in [0.25, 0.3) is 0 Å². The second-order valence-electron chi connectivity index (χ2n) is 8.10. The molecule has 1 aliphatic heterocycles. The molecule has 2 aromatic heterocycles. The maximum absolute atomic E-state index is 12.5. The first-order valence-electron chi connectivity index (χ1n) is 10.6. The Balaban J connectivity index is 1.35. The first-order chi connectivity index (χ1) is 15.0. The quantitative estimate of drug-likeness (QED) is 0.629. The van der Waals surface area contributed by atoms with Gasteiger partial charge < -0.3 is 14.6 Å². The van der Waals surface area contributed by atoms with Crippen LogP contribution in [0.1, 0.15) is 51.8 Å². The van der Waals surface area contributed by atoms with Gasteiger partial charge in [-0.1, -0.05) is 17.3 Å². The lowest BCUT2D eigenvalue weighted by Crippen LogP contribution is -2.34. The predicted molar refractivity (Wildman–Crippen MR) is 116 cm³/mol. The molecule has 8 nitrogen and oxygen atoms in total. The number of carbonyl (C=O) groups excluding carboxylic acids is 1. The van der Waals surface area contributed by atoms with Gasteiger partial charge in [-0.05, 0) is 44.0 Å². The second kappa shape index (κ2) is 9.34. The molecule has 1 fully saturated rings. The molecule has 3 aromatic rings. The van der Waals surface area contributed by atoms with Crippen LogP contribution in [-0.4, -0.2) is 45.9 Å². The van der Waals surface area contributed by atoms with Gasteiger partial charge in [0, 0.05) is 49.9 Å². The predicted octanol–water partition coefficient (Wildman–Crippen LogP) is 3.03. The van der Waals surface area contributed by atoms with Gasteiger partial charge >= 0.3 is 0 Å². The van der Waals surface area contributed by atoms with E-state index in [9.17, 15) is 4.79 Å². The Morgan fingerprint density at radius 3 is 3.00 bits per heavy atom. The normalized spacial score (nSPS) is 16.9. The molecule has 1 amide bonds. The van der Waals surface area contributed by atoms with Gasteiger partial charge in [0.15, 0.2) is 0 Å². The number of benzene rings is 1. The van der Waals surface area contributed by atoms with Gasteiger partial charge in [0.1, 0.15) is 5.75 Å². The Labute approximate surface area is 182 Å². The average molecular weight is 424 g/mol. The van der Waals surface area contributed by atoms with Crippen LogP contribution in [0, 0.1) is 6.92 Å². The highest BCUT2D eigenvalue weighted by molar-refractivity contribution is 5.91. The SMILES string of the molecule is COc1cccc(CNC(=O)c2cc(C3CCCN(Cc4cnn(C)c4C)C3)no2)c1. The molecule has 31 heavy (non-hydrogen) atoms. The fourth-order valence-electron chi connectivity index (χ4n) is 4.02. The van der Waals surface area contributed by atoms with Crippen LogP contribution < -0.4 is 10.1 Å². The second-order valence-corrected chi connectivity index (χ2v) is 8.10. The summed E-state index contributed by atoms with van der Waals surface area (Å²) in [7, 11) is 3.59. The van der Waals surface area contributed by atoms with Crippen LogP contribution in [0.5, 0.6) is 5.75 Å². The van der Waals surface area contributed by atoms with E-state index < -0.39 is 0 Å². The molecule has 1 N–H and O–H groups in total. The highest BCUT2D eigenvalue weighted by Gasteiger charge is 2.26. The van der Waals surface area contributed by atoms with Crippen molar-refractivity contribution in [3.63, 3.8) is 0 Å². The molecule has 164 valence electrons. The molecule has 0 aliphatic carbocycles. The molecule has 8 heteroatoms. The number of methoxy groups -OCH3 is 1. The van der Waals surface area contributed by atoms with Crippen molar-refractivity contribution in [1.82, 2.24) is 25.2 Å². The van der Waals surface area contributed by atoms with E-state index in [0.29, 0.717) is 6.54 Å². The molecule has 0 radical (unpaired) electrons. The van der Waals surface area contributed by atoms with Crippen LogP contribution in [0.3, 0.4) is 0 Å². The van der Waals surface area contributed by atoms with E-state index in [1.54, 1.807) is 13.2 Å². The van der Waals surface area contributed by atoms with Gasteiger partial charge in [-0.3, -0.25) is 14.4 Å². The van der Waals surface area contributed by atoms with Gasteiger partial charge in [-0.2, -0.15) is 5.10 Å². The van der Waals surface area contributed by atoms with Crippen molar-refractivity contribution in [2.75, 3.05) is 20.2 Å². The van der Waals surface area contributed by atoms with Crippen LogP contribution in [0.4, 0.5) is 0 Å². The number of ether oxygens (including phenoxy) is 1. The summed E-state index contributed by atoms with van der Waals surface area (Å²) in [6.07, 6.45) is 4.08. The molecule has 1 aromatic carbocycles. The minimum absolute atomic E-state index is 0.248. The number of likely N-dealkylation sites (tertiary alicyclic amines) is 1. The molecule has 4 rings (SSSR count). The Morgan fingerprint density at radius 2 is 2.23 bits per heavy atom. The number of hydrogen-bond donors (Lipinski definition) is 1. The summed E-state index contributed by atoms with van der Waals surface area (Å²) >= 11 is 0. The summed E-state index contributed by atoms with van der Waals surface area (Å²) < 4.78 is 12.5. The van der Waals surface area contributed by atoms with E-state index in [-0.39, 0.29) is 17.6 Å². The topological polar surface area (TPSA) is 85.4 Å². The van der Waals surface area contributed by atoms with Crippen molar-refractivity contribution < 1.29 is 14.1 Å². The third-order valence-corrected chi connectivity index (χ3v) is 5.99. The number of nitrogens with zero attached hydrogens (tertiary/aromatic N) is 4. The van der Waals surface area contributed by atoms with E-state index in [4.69, 9.17) is 9.26 Å². The number of hydrogen-bond acceptors (Lipinski definition) is 6. The number of carbonyl (C=O) groups is 1. The summed E-state index contributed by atoms with van der Waals surface area (Å²) in [5, 5.41) is 11.4. The standard InChI is InChI=1S/C23H29N5O3/c1-16-19(13-25-27(16)2)15-28-9-5-7-18(14-28)21-11-22(31-26-21)23(29)24-12-17-6-4-8-20(10-17)30-3/h4,6,8,10-11,13,18H,5,7,9,12,14-15H2,1-3H3,(H,24,29). The van der Waals surface area contributed by atoms with Crippen molar-refractivity contribution in [2.24, 2.45) is 7.05 Å². The summed E-state index contributed by atoms with van der Waals surface area (Å²) in [6, 6.07) is 9.39. The third-order valence-electron chi connectivity index (χ3n) is 5.99.